The molecule has 4 aromatic rings. The Balaban J connectivity index is 1.31. The zero-order valence-corrected chi connectivity index (χ0v) is 24.4. The highest BCUT2D eigenvalue weighted by molar-refractivity contribution is 6.03. The molecular weight excluding hydrogens is 520 g/mol. The Morgan fingerprint density at radius 2 is 1.55 bits per heavy atom. The Morgan fingerprint density at radius 3 is 2.31 bits per heavy atom. The van der Waals surface area contributed by atoms with E-state index in [2.05, 4.69) is 71.3 Å². The van der Waals surface area contributed by atoms with Crippen LogP contribution in [0.2, 0.25) is 0 Å². The molecule has 214 valence electrons. The van der Waals surface area contributed by atoms with Gasteiger partial charge in [-0.2, -0.15) is 0 Å². The molecule has 1 aliphatic carbocycles. The molecule has 1 amide bonds. The normalized spacial score (nSPS) is 17.7. The van der Waals surface area contributed by atoms with Crippen LogP contribution in [0.5, 0.6) is 0 Å². The van der Waals surface area contributed by atoms with Crippen molar-refractivity contribution in [3.05, 3.63) is 101 Å². The van der Waals surface area contributed by atoms with Crippen LogP contribution >= 0.6 is 0 Å². The Bertz CT molecular complexity index is 1670. The van der Waals surface area contributed by atoms with Gasteiger partial charge in [0.25, 0.3) is 5.91 Å². The molecule has 0 N–H and O–H groups in total. The third kappa shape index (κ3) is 4.75. The van der Waals surface area contributed by atoms with Gasteiger partial charge in [0.2, 0.25) is 0 Å². The van der Waals surface area contributed by atoms with Gasteiger partial charge < -0.3 is 14.2 Å². The third-order valence-corrected chi connectivity index (χ3v) is 9.74. The maximum Gasteiger partial charge on any atom is 0.337 e. The number of hydrogen-bond acceptors (Lipinski definition) is 3. The number of benzene rings is 3. The summed E-state index contributed by atoms with van der Waals surface area (Å²) in [6.07, 6.45) is 10.2. The SMILES string of the molecule is COC(=O)c1ccc2c(C3CCCCC3)c3n(c2c1)CC(C(=O)N1CCC(c2ccccc2)CC1)=Cc1ccccc1-3. The van der Waals surface area contributed by atoms with Crippen LogP contribution in [-0.2, 0) is 16.1 Å². The van der Waals surface area contributed by atoms with Gasteiger partial charge in [0, 0.05) is 35.1 Å². The van der Waals surface area contributed by atoms with Crippen molar-refractivity contribution in [3.8, 4) is 11.3 Å². The summed E-state index contributed by atoms with van der Waals surface area (Å²) in [5.41, 5.74) is 8.55. The minimum absolute atomic E-state index is 0.120. The maximum absolute atomic E-state index is 14.2. The second-order valence-corrected chi connectivity index (χ2v) is 12.1. The number of aromatic nitrogens is 1. The first-order valence-electron chi connectivity index (χ1n) is 15.5. The van der Waals surface area contributed by atoms with E-state index in [-0.39, 0.29) is 11.9 Å². The van der Waals surface area contributed by atoms with E-state index in [0.29, 0.717) is 23.9 Å². The molecular formula is C37H38N2O3. The number of nitrogens with zero attached hydrogens (tertiary/aromatic N) is 2. The van der Waals surface area contributed by atoms with Crippen LogP contribution in [0.3, 0.4) is 0 Å². The van der Waals surface area contributed by atoms with Crippen molar-refractivity contribution in [2.75, 3.05) is 20.2 Å². The Labute approximate surface area is 247 Å². The van der Waals surface area contributed by atoms with Gasteiger partial charge in [-0.15, -0.1) is 0 Å². The van der Waals surface area contributed by atoms with Gasteiger partial charge in [-0.3, -0.25) is 4.79 Å². The molecule has 42 heavy (non-hydrogen) atoms. The van der Waals surface area contributed by atoms with Gasteiger partial charge in [0.1, 0.15) is 0 Å². The van der Waals surface area contributed by atoms with Crippen LogP contribution in [0.1, 0.15) is 83.8 Å². The van der Waals surface area contributed by atoms with E-state index in [9.17, 15) is 9.59 Å². The number of rotatable bonds is 4. The van der Waals surface area contributed by atoms with E-state index < -0.39 is 0 Å². The molecule has 1 aromatic heterocycles. The highest BCUT2D eigenvalue weighted by atomic mass is 16.5. The molecule has 1 saturated heterocycles. The van der Waals surface area contributed by atoms with Crippen molar-refractivity contribution in [3.63, 3.8) is 0 Å². The molecule has 2 fully saturated rings. The van der Waals surface area contributed by atoms with Crippen molar-refractivity contribution in [2.45, 2.75) is 63.3 Å². The second-order valence-electron chi connectivity index (χ2n) is 12.1. The van der Waals surface area contributed by atoms with Crippen molar-refractivity contribution in [1.82, 2.24) is 9.47 Å². The van der Waals surface area contributed by atoms with E-state index in [1.54, 1.807) is 0 Å². The number of esters is 1. The van der Waals surface area contributed by atoms with Gasteiger partial charge >= 0.3 is 5.97 Å². The molecule has 0 radical (unpaired) electrons. The number of likely N-dealkylation sites (tertiary alicyclic amines) is 1. The van der Waals surface area contributed by atoms with Gasteiger partial charge in [0.05, 0.1) is 24.9 Å². The summed E-state index contributed by atoms with van der Waals surface area (Å²) in [7, 11) is 1.43. The molecule has 1 saturated carbocycles. The molecule has 7 rings (SSSR count). The lowest BCUT2D eigenvalue weighted by Gasteiger charge is -2.33. The molecule has 0 spiro atoms. The second kappa shape index (κ2) is 11.3. The van der Waals surface area contributed by atoms with Crippen molar-refractivity contribution in [2.24, 2.45) is 0 Å². The molecule has 0 unspecified atom stereocenters. The monoisotopic (exact) mass is 558 g/mol. The summed E-state index contributed by atoms with van der Waals surface area (Å²) >= 11 is 0. The number of fused-ring (bicyclic) bond motifs is 5. The zero-order valence-electron chi connectivity index (χ0n) is 24.4. The van der Waals surface area contributed by atoms with Crippen molar-refractivity contribution >= 4 is 28.9 Å². The third-order valence-electron chi connectivity index (χ3n) is 9.74. The first-order chi connectivity index (χ1) is 20.6. The smallest absolute Gasteiger partial charge is 0.337 e. The lowest BCUT2D eigenvalue weighted by atomic mass is 9.81. The van der Waals surface area contributed by atoms with Gasteiger partial charge in [0.15, 0.2) is 0 Å². The first-order valence-corrected chi connectivity index (χ1v) is 15.5. The summed E-state index contributed by atoms with van der Waals surface area (Å²) in [6, 6.07) is 25.2. The van der Waals surface area contributed by atoms with Crippen LogP contribution in [0.25, 0.3) is 28.2 Å². The largest absolute Gasteiger partial charge is 0.465 e. The molecule has 2 aliphatic heterocycles. The minimum atomic E-state index is -0.339. The summed E-state index contributed by atoms with van der Waals surface area (Å²) < 4.78 is 7.41. The fourth-order valence-corrected chi connectivity index (χ4v) is 7.60. The topological polar surface area (TPSA) is 51.5 Å². The van der Waals surface area contributed by atoms with Crippen molar-refractivity contribution < 1.29 is 14.3 Å². The fraction of sp³-hybridized carbons (Fsp3) is 0.351. The average molecular weight is 559 g/mol. The zero-order chi connectivity index (χ0) is 28.6. The summed E-state index contributed by atoms with van der Waals surface area (Å²) in [5, 5.41) is 1.19. The van der Waals surface area contributed by atoms with Gasteiger partial charge in [-0.1, -0.05) is 79.9 Å². The van der Waals surface area contributed by atoms with Gasteiger partial charge in [-0.25, -0.2) is 4.79 Å². The van der Waals surface area contributed by atoms with Gasteiger partial charge in [-0.05, 0) is 72.4 Å². The Hall–Kier alpha value is -4.12. The quantitative estimate of drug-likeness (QED) is 0.239. The number of piperidine rings is 1. The number of hydrogen-bond donors (Lipinski definition) is 0. The maximum atomic E-state index is 14.2. The van der Waals surface area contributed by atoms with E-state index in [1.807, 2.05) is 17.0 Å². The molecule has 3 aromatic carbocycles. The van der Waals surface area contributed by atoms with Crippen LogP contribution in [0.15, 0.2) is 78.4 Å². The first kappa shape index (κ1) is 26.8. The van der Waals surface area contributed by atoms with Crippen LogP contribution in [0, 0.1) is 0 Å². The average Bonchev–Trinajstić information content (AvgIpc) is 3.27. The number of methoxy groups -OCH3 is 1. The van der Waals surface area contributed by atoms with Crippen LogP contribution in [-0.4, -0.2) is 41.5 Å². The standard InChI is InChI=1S/C37H38N2O3/c1-42-37(41)29-16-17-32-33(23-29)39-24-30(36(40)38-20-18-26(19-21-38)25-10-4-2-5-11-25)22-28-14-8-9-15-31(28)35(39)34(32)27-12-6-3-7-13-27/h2,4-5,8-11,14-17,22-23,26-27H,3,6-7,12-13,18-21,24H2,1H3. The summed E-state index contributed by atoms with van der Waals surface area (Å²) in [6.45, 7) is 2.00. The summed E-state index contributed by atoms with van der Waals surface area (Å²) in [5.74, 6) is 0.737. The Morgan fingerprint density at radius 1 is 0.810 bits per heavy atom. The molecule has 0 atom stereocenters. The molecule has 3 aliphatic rings. The van der Waals surface area contributed by atoms with E-state index >= 15 is 0 Å². The predicted octanol–water partition coefficient (Wildman–Crippen LogP) is 7.95. The highest BCUT2D eigenvalue weighted by Crippen LogP contribution is 2.46. The minimum Gasteiger partial charge on any atom is -0.465 e. The van der Waals surface area contributed by atoms with Crippen LogP contribution in [0.4, 0.5) is 0 Å². The fourth-order valence-electron chi connectivity index (χ4n) is 7.60. The summed E-state index contributed by atoms with van der Waals surface area (Å²) in [4.78, 5) is 28.9. The number of carbonyl (C=O) groups excluding carboxylic acids is 2. The number of carbonyl (C=O) groups is 2. The molecule has 5 heteroatoms. The number of amides is 1. The number of ether oxygens (including phenoxy) is 1. The molecule has 0 bridgehead atoms. The van der Waals surface area contributed by atoms with Crippen molar-refractivity contribution in [1.29, 1.82) is 0 Å². The van der Waals surface area contributed by atoms with E-state index in [0.717, 1.165) is 42.6 Å². The Kier molecular flexibility index (Phi) is 7.19. The highest BCUT2D eigenvalue weighted by Gasteiger charge is 2.32. The van der Waals surface area contributed by atoms with E-state index in [1.165, 1.54) is 67.0 Å². The lowest BCUT2D eigenvalue weighted by Crippen LogP contribution is -2.39. The molecule has 3 heterocycles. The van der Waals surface area contributed by atoms with Crippen LogP contribution < -0.4 is 0 Å². The lowest BCUT2D eigenvalue weighted by molar-refractivity contribution is -0.128. The predicted molar refractivity (Wildman–Crippen MR) is 168 cm³/mol. The van der Waals surface area contributed by atoms with E-state index in [4.69, 9.17) is 4.74 Å². The molecule has 5 nitrogen and oxygen atoms in total.